The number of aryl methyl sites for hydroxylation is 2. The third kappa shape index (κ3) is 2.98. The van der Waals surface area contributed by atoms with Crippen molar-refractivity contribution < 1.29 is 0 Å². The number of aromatic nitrogens is 2. The van der Waals surface area contributed by atoms with Crippen LogP contribution >= 0.6 is 27.3 Å². The molecule has 7 heteroatoms. The number of rotatable bonds is 4. The van der Waals surface area contributed by atoms with Crippen LogP contribution in [0.4, 0.5) is 11.8 Å². The molecule has 2 rings (SSSR count). The Hall–Kier alpha value is -1.18. The zero-order valence-corrected chi connectivity index (χ0v) is 12.5. The number of anilines is 2. The molecule has 96 valence electrons. The number of hydrogen-bond acceptors (Lipinski definition) is 6. The van der Waals surface area contributed by atoms with Crippen LogP contribution in [0, 0.1) is 13.8 Å². The van der Waals surface area contributed by atoms with Gasteiger partial charge in [-0.05, 0) is 41.4 Å². The molecule has 0 atom stereocenters. The van der Waals surface area contributed by atoms with Crippen molar-refractivity contribution in [2.24, 2.45) is 5.84 Å². The van der Waals surface area contributed by atoms with Gasteiger partial charge in [-0.1, -0.05) is 0 Å². The summed E-state index contributed by atoms with van der Waals surface area (Å²) in [6.07, 6.45) is 1.66. The van der Waals surface area contributed by atoms with E-state index in [-0.39, 0.29) is 0 Å². The molecular weight excluding hydrogens is 314 g/mol. The maximum Gasteiger partial charge on any atom is 0.239 e. The van der Waals surface area contributed by atoms with Gasteiger partial charge in [0.2, 0.25) is 5.95 Å². The number of nitrogens with two attached hydrogens (primary N) is 1. The maximum atomic E-state index is 5.28. The van der Waals surface area contributed by atoms with Crippen molar-refractivity contribution in [2.45, 2.75) is 20.4 Å². The minimum absolute atomic E-state index is 0.388. The predicted molar refractivity (Wildman–Crippen MR) is 78.7 cm³/mol. The Labute approximate surface area is 118 Å². The molecule has 0 amide bonds. The largest absolute Gasteiger partial charge is 0.364 e. The summed E-state index contributed by atoms with van der Waals surface area (Å²) in [5, 5.41) is 3.26. The Balaban J connectivity index is 2.10. The zero-order valence-electron chi connectivity index (χ0n) is 10.1. The summed E-state index contributed by atoms with van der Waals surface area (Å²) in [7, 11) is 0. The number of thiophene rings is 1. The smallest absolute Gasteiger partial charge is 0.239 e. The summed E-state index contributed by atoms with van der Waals surface area (Å²) in [5.74, 6) is 6.40. The number of nitrogen functional groups attached to an aromatic ring is 1. The van der Waals surface area contributed by atoms with Crippen LogP contribution in [-0.2, 0) is 6.54 Å². The van der Waals surface area contributed by atoms with Gasteiger partial charge in [-0.2, -0.15) is 4.98 Å². The molecule has 5 nitrogen and oxygen atoms in total. The van der Waals surface area contributed by atoms with Crippen LogP contribution in [0.15, 0.2) is 16.7 Å². The predicted octanol–water partition coefficient (Wildman–Crippen LogP) is 2.82. The van der Waals surface area contributed by atoms with Crippen molar-refractivity contribution in [1.82, 2.24) is 9.97 Å². The van der Waals surface area contributed by atoms with Gasteiger partial charge in [0.05, 0.1) is 11.0 Å². The Morgan fingerprint density at radius 3 is 2.83 bits per heavy atom. The van der Waals surface area contributed by atoms with E-state index in [2.05, 4.69) is 56.6 Å². The van der Waals surface area contributed by atoms with Crippen molar-refractivity contribution in [3.63, 3.8) is 0 Å². The van der Waals surface area contributed by atoms with Crippen LogP contribution in [0.25, 0.3) is 0 Å². The van der Waals surface area contributed by atoms with Gasteiger partial charge in [-0.25, -0.2) is 10.8 Å². The van der Waals surface area contributed by atoms with Crippen LogP contribution in [0.2, 0.25) is 0 Å². The van der Waals surface area contributed by atoms with Crippen molar-refractivity contribution in [1.29, 1.82) is 0 Å². The van der Waals surface area contributed by atoms with Gasteiger partial charge in [0.1, 0.15) is 5.82 Å². The molecule has 0 radical (unpaired) electrons. The first-order chi connectivity index (χ1) is 8.60. The maximum absolute atomic E-state index is 5.28. The van der Waals surface area contributed by atoms with Gasteiger partial charge in [0, 0.05) is 16.0 Å². The quantitative estimate of drug-likeness (QED) is 0.594. The molecule has 2 aromatic rings. The van der Waals surface area contributed by atoms with Crippen LogP contribution in [0.5, 0.6) is 0 Å². The Morgan fingerprint density at radius 2 is 2.22 bits per heavy atom. The molecule has 18 heavy (non-hydrogen) atoms. The SMILES string of the molecule is Cc1cc(CNc2nc(NN)ncc2Br)sc1C. The van der Waals surface area contributed by atoms with Gasteiger partial charge < -0.3 is 5.32 Å². The summed E-state index contributed by atoms with van der Waals surface area (Å²) in [6.45, 7) is 4.98. The number of halogens is 1. The van der Waals surface area contributed by atoms with E-state index in [4.69, 9.17) is 5.84 Å². The molecule has 4 N–H and O–H groups in total. The average Bonchev–Trinajstić information content (AvgIpc) is 2.68. The highest BCUT2D eigenvalue weighted by Gasteiger charge is 2.06. The third-order valence-corrected chi connectivity index (χ3v) is 4.25. The average molecular weight is 328 g/mol. The summed E-state index contributed by atoms with van der Waals surface area (Å²) in [5.41, 5.74) is 3.75. The van der Waals surface area contributed by atoms with E-state index in [1.54, 1.807) is 17.5 Å². The van der Waals surface area contributed by atoms with Crippen LogP contribution in [0.3, 0.4) is 0 Å². The Kier molecular flexibility index (Phi) is 4.15. The van der Waals surface area contributed by atoms with Crippen molar-refractivity contribution in [2.75, 3.05) is 10.7 Å². The van der Waals surface area contributed by atoms with Crippen molar-refractivity contribution in [3.05, 3.63) is 32.1 Å². The molecule has 0 aliphatic carbocycles. The second-order valence-electron chi connectivity index (χ2n) is 3.84. The Bertz CT molecular complexity index is 535. The van der Waals surface area contributed by atoms with E-state index >= 15 is 0 Å². The fraction of sp³-hybridized carbons (Fsp3) is 0.273. The highest BCUT2D eigenvalue weighted by atomic mass is 79.9. The number of nitrogens with zero attached hydrogens (tertiary/aromatic N) is 2. The van der Waals surface area contributed by atoms with E-state index < -0.39 is 0 Å². The highest BCUT2D eigenvalue weighted by molar-refractivity contribution is 9.10. The second kappa shape index (κ2) is 5.64. The third-order valence-electron chi connectivity index (χ3n) is 2.52. The highest BCUT2D eigenvalue weighted by Crippen LogP contribution is 2.24. The molecule has 0 aromatic carbocycles. The van der Waals surface area contributed by atoms with Crippen LogP contribution in [0.1, 0.15) is 15.3 Å². The van der Waals surface area contributed by atoms with E-state index in [9.17, 15) is 0 Å². The monoisotopic (exact) mass is 327 g/mol. The molecule has 0 aliphatic rings. The van der Waals surface area contributed by atoms with Crippen molar-refractivity contribution >= 4 is 39.0 Å². The molecule has 0 aliphatic heterocycles. The number of hydrazine groups is 1. The first-order valence-electron chi connectivity index (χ1n) is 5.39. The first kappa shape index (κ1) is 13.3. The van der Waals surface area contributed by atoms with Gasteiger partial charge in [0.25, 0.3) is 0 Å². The van der Waals surface area contributed by atoms with E-state index in [0.29, 0.717) is 5.95 Å². The molecule has 2 aromatic heterocycles. The van der Waals surface area contributed by atoms with Crippen LogP contribution in [-0.4, -0.2) is 9.97 Å². The molecule has 2 heterocycles. The standard InChI is InChI=1S/C11H14BrN5S/c1-6-3-8(18-7(6)2)4-14-10-9(12)5-15-11(16-10)17-13/h3,5H,4,13H2,1-2H3,(H2,14,15,16,17). The molecular formula is C11H14BrN5S. The lowest BCUT2D eigenvalue weighted by atomic mass is 10.3. The minimum atomic E-state index is 0.388. The van der Waals surface area contributed by atoms with E-state index in [0.717, 1.165) is 16.8 Å². The molecule has 0 fully saturated rings. The number of nitrogens with one attached hydrogen (secondary N) is 2. The lowest BCUT2D eigenvalue weighted by molar-refractivity contribution is 1.07. The summed E-state index contributed by atoms with van der Waals surface area (Å²) in [6, 6.07) is 2.18. The number of hydrogen-bond donors (Lipinski definition) is 3. The van der Waals surface area contributed by atoms with E-state index in [1.807, 2.05) is 0 Å². The Morgan fingerprint density at radius 1 is 1.44 bits per heavy atom. The second-order valence-corrected chi connectivity index (χ2v) is 6.04. The van der Waals surface area contributed by atoms with Gasteiger partial charge in [0.15, 0.2) is 0 Å². The van der Waals surface area contributed by atoms with Gasteiger partial charge >= 0.3 is 0 Å². The molecule has 0 saturated carbocycles. The molecule has 0 unspecified atom stereocenters. The van der Waals surface area contributed by atoms with E-state index in [1.165, 1.54) is 15.3 Å². The summed E-state index contributed by atoms with van der Waals surface area (Å²) >= 11 is 5.19. The first-order valence-corrected chi connectivity index (χ1v) is 7.00. The molecule has 0 spiro atoms. The lowest BCUT2D eigenvalue weighted by Gasteiger charge is -2.07. The van der Waals surface area contributed by atoms with Gasteiger partial charge in [-0.3, -0.25) is 5.43 Å². The normalized spacial score (nSPS) is 10.4. The molecule has 0 saturated heterocycles. The minimum Gasteiger partial charge on any atom is -0.364 e. The summed E-state index contributed by atoms with van der Waals surface area (Å²) < 4.78 is 0.812. The van der Waals surface area contributed by atoms with Crippen molar-refractivity contribution in [3.8, 4) is 0 Å². The molecule has 0 bridgehead atoms. The fourth-order valence-electron chi connectivity index (χ4n) is 1.47. The lowest BCUT2D eigenvalue weighted by Crippen LogP contribution is -2.12. The topological polar surface area (TPSA) is 75.9 Å². The summed E-state index contributed by atoms with van der Waals surface area (Å²) in [4.78, 5) is 10.9. The van der Waals surface area contributed by atoms with Crippen LogP contribution < -0.4 is 16.6 Å². The fourth-order valence-corrected chi connectivity index (χ4v) is 2.79. The van der Waals surface area contributed by atoms with Gasteiger partial charge in [-0.15, -0.1) is 11.3 Å². The zero-order chi connectivity index (χ0) is 13.1.